The Labute approximate surface area is 142 Å². The minimum Gasteiger partial charge on any atom is -0.492 e. The van der Waals surface area contributed by atoms with E-state index in [9.17, 15) is 5.11 Å². The fraction of sp³-hybridized carbons (Fsp3) is 0.556. The molecule has 0 unspecified atom stereocenters. The van der Waals surface area contributed by atoms with E-state index in [1.165, 1.54) is 0 Å². The van der Waals surface area contributed by atoms with Crippen molar-refractivity contribution in [2.45, 2.75) is 37.8 Å². The van der Waals surface area contributed by atoms with Crippen LogP contribution in [0.4, 0.5) is 5.95 Å². The molecule has 0 spiro atoms. The van der Waals surface area contributed by atoms with Gasteiger partial charge in [0.15, 0.2) is 0 Å². The highest BCUT2D eigenvalue weighted by Crippen LogP contribution is 2.23. The van der Waals surface area contributed by atoms with E-state index < -0.39 is 0 Å². The van der Waals surface area contributed by atoms with Crippen molar-refractivity contribution < 1.29 is 9.84 Å². The maximum atomic E-state index is 9.59. The topological polar surface area (TPSA) is 70.5 Å². The number of hydrogen-bond donors (Lipinski definition) is 2. The molecule has 24 heavy (non-hydrogen) atoms. The first-order valence-corrected chi connectivity index (χ1v) is 8.59. The van der Waals surface area contributed by atoms with Gasteiger partial charge in [-0.15, -0.1) is 0 Å². The third kappa shape index (κ3) is 4.55. The van der Waals surface area contributed by atoms with Crippen LogP contribution >= 0.6 is 0 Å². The number of aromatic nitrogens is 2. The first kappa shape index (κ1) is 16.9. The first-order valence-electron chi connectivity index (χ1n) is 8.59. The molecule has 0 saturated heterocycles. The van der Waals surface area contributed by atoms with E-state index in [1.807, 2.05) is 38.5 Å². The lowest BCUT2D eigenvalue weighted by Crippen LogP contribution is -2.28. The molecule has 2 N–H and O–H groups in total. The second kappa shape index (κ2) is 7.77. The molecule has 130 valence electrons. The summed E-state index contributed by atoms with van der Waals surface area (Å²) in [5.41, 5.74) is 0.880. The number of aliphatic hydroxyl groups excluding tert-OH is 1. The number of likely N-dealkylation sites (N-methyl/N-ethyl adjacent to an activating group) is 1. The summed E-state index contributed by atoms with van der Waals surface area (Å²) < 4.78 is 5.78. The number of hydrogen-bond acceptors (Lipinski definition) is 6. The average molecular weight is 330 g/mol. The van der Waals surface area contributed by atoms with Crippen LogP contribution in [0.25, 0.3) is 10.9 Å². The van der Waals surface area contributed by atoms with Gasteiger partial charge in [-0.05, 0) is 51.9 Å². The molecule has 1 aliphatic rings. The SMILES string of the molecule is CN(C)CCOc1ccc2cnc(N[C@H]3CC[C@H](O)CC3)nc2c1. The van der Waals surface area contributed by atoms with Gasteiger partial charge in [0.25, 0.3) is 0 Å². The maximum Gasteiger partial charge on any atom is 0.223 e. The monoisotopic (exact) mass is 330 g/mol. The fourth-order valence-electron chi connectivity index (χ4n) is 2.91. The molecule has 1 aromatic carbocycles. The largest absolute Gasteiger partial charge is 0.492 e. The summed E-state index contributed by atoms with van der Waals surface area (Å²) in [4.78, 5) is 11.1. The summed E-state index contributed by atoms with van der Waals surface area (Å²) in [7, 11) is 4.05. The fourth-order valence-corrected chi connectivity index (χ4v) is 2.91. The summed E-state index contributed by atoms with van der Waals surface area (Å²) >= 11 is 0. The van der Waals surface area contributed by atoms with Crippen molar-refractivity contribution in [1.82, 2.24) is 14.9 Å². The van der Waals surface area contributed by atoms with Gasteiger partial charge in [0.05, 0.1) is 11.6 Å². The highest BCUT2D eigenvalue weighted by Gasteiger charge is 2.19. The summed E-state index contributed by atoms with van der Waals surface area (Å²) in [5, 5.41) is 14.0. The third-order valence-electron chi connectivity index (χ3n) is 4.39. The number of rotatable bonds is 6. The summed E-state index contributed by atoms with van der Waals surface area (Å²) in [6.45, 7) is 1.53. The molecule has 6 heteroatoms. The van der Waals surface area contributed by atoms with E-state index in [4.69, 9.17) is 4.74 Å². The van der Waals surface area contributed by atoms with E-state index in [0.717, 1.165) is 48.9 Å². The zero-order valence-electron chi connectivity index (χ0n) is 14.4. The number of benzene rings is 1. The Morgan fingerprint density at radius 3 is 2.79 bits per heavy atom. The summed E-state index contributed by atoms with van der Waals surface area (Å²) in [6, 6.07) is 6.24. The predicted molar refractivity (Wildman–Crippen MR) is 95.5 cm³/mol. The first-order chi connectivity index (χ1) is 11.6. The Morgan fingerprint density at radius 2 is 2.04 bits per heavy atom. The normalized spacial score (nSPS) is 21.2. The Balaban J connectivity index is 1.67. The van der Waals surface area contributed by atoms with Gasteiger partial charge in [-0.25, -0.2) is 9.97 Å². The number of aliphatic hydroxyl groups is 1. The number of nitrogens with zero attached hydrogens (tertiary/aromatic N) is 3. The van der Waals surface area contributed by atoms with Crippen LogP contribution < -0.4 is 10.1 Å². The van der Waals surface area contributed by atoms with Crippen LogP contribution in [0, 0.1) is 0 Å². The molecular formula is C18H26N4O2. The van der Waals surface area contributed by atoms with Crippen molar-refractivity contribution in [1.29, 1.82) is 0 Å². The van der Waals surface area contributed by atoms with Crippen LogP contribution in [0.5, 0.6) is 5.75 Å². The van der Waals surface area contributed by atoms with Crippen LogP contribution in [0.15, 0.2) is 24.4 Å². The zero-order valence-corrected chi connectivity index (χ0v) is 14.4. The molecule has 0 amide bonds. The van der Waals surface area contributed by atoms with Gasteiger partial charge in [0, 0.05) is 30.2 Å². The van der Waals surface area contributed by atoms with Crippen molar-refractivity contribution >= 4 is 16.9 Å². The molecule has 1 aliphatic carbocycles. The summed E-state index contributed by atoms with van der Waals surface area (Å²) in [6.07, 6.45) is 5.28. The lowest BCUT2D eigenvalue weighted by atomic mass is 9.93. The Hall–Kier alpha value is -1.92. The molecule has 6 nitrogen and oxygen atoms in total. The Morgan fingerprint density at radius 1 is 1.25 bits per heavy atom. The van der Waals surface area contributed by atoms with Crippen molar-refractivity contribution in [2.75, 3.05) is 32.6 Å². The molecule has 0 atom stereocenters. The molecule has 3 rings (SSSR count). The number of ether oxygens (including phenoxy) is 1. The molecular weight excluding hydrogens is 304 g/mol. The van der Waals surface area contributed by atoms with Crippen molar-refractivity contribution in [3.63, 3.8) is 0 Å². The maximum absolute atomic E-state index is 9.59. The predicted octanol–water partition coefficient (Wildman–Crippen LogP) is 2.29. The Kier molecular flexibility index (Phi) is 5.48. The third-order valence-corrected chi connectivity index (χ3v) is 4.39. The summed E-state index contributed by atoms with van der Waals surface area (Å²) in [5.74, 6) is 1.48. The quantitative estimate of drug-likeness (QED) is 0.847. The number of fused-ring (bicyclic) bond motifs is 1. The zero-order chi connectivity index (χ0) is 16.9. The van der Waals surface area contributed by atoms with E-state index >= 15 is 0 Å². The van der Waals surface area contributed by atoms with Crippen LogP contribution in [0.2, 0.25) is 0 Å². The van der Waals surface area contributed by atoms with Crippen LogP contribution in [0.3, 0.4) is 0 Å². The standard InChI is InChI=1S/C18H26N4O2/c1-22(2)9-10-24-16-8-3-13-12-19-18(21-17(13)11-16)20-14-4-6-15(23)7-5-14/h3,8,11-12,14-15,23H,4-7,9-10H2,1-2H3,(H,19,20,21)/t14-,15-. The lowest BCUT2D eigenvalue weighted by molar-refractivity contribution is 0.126. The van der Waals surface area contributed by atoms with Crippen LogP contribution in [0.1, 0.15) is 25.7 Å². The molecule has 1 saturated carbocycles. The molecule has 0 aliphatic heterocycles. The minimum absolute atomic E-state index is 0.151. The van der Waals surface area contributed by atoms with Crippen molar-refractivity contribution in [2.24, 2.45) is 0 Å². The average Bonchev–Trinajstić information content (AvgIpc) is 2.56. The molecule has 0 bridgehead atoms. The number of anilines is 1. The minimum atomic E-state index is -0.151. The second-order valence-electron chi connectivity index (χ2n) is 6.72. The number of nitrogens with one attached hydrogen (secondary N) is 1. The van der Waals surface area contributed by atoms with Gasteiger partial charge in [0.1, 0.15) is 12.4 Å². The Bertz CT molecular complexity index is 669. The van der Waals surface area contributed by atoms with Crippen molar-refractivity contribution in [3.8, 4) is 5.75 Å². The molecule has 1 aromatic heterocycles. The second-order valence-corrected chi connectivity index (χ2v) is 6.72. The smallest absolute Gasteiger partial charge is 0.223 e. The van der Waals surface area contributed by atoms with E-state index in [-0.39, 0.29) is 6.10 Å². The van der Waals surface area contributed by atoms with Gasteiger partial charge in [0.2, 0.25) is 5.95 Å². The van der Waals surface area contributed by atoms with Crippen LogP contribution in [-0.4, -0.2) is 59.4 Å². The van der Waals surface area contributed by atoms with Gasteiger partial charge in [-0.3, -0.25) is 0 Å². The lowest BCUT2D eigenvalue weighted by Gasteiger charge is -2.26. The molecule has 1 fully saturated rings. The van der Waals surface area contributed by atoms with Crippen molar-refractivity contribution in [3.05, 3.63) is 24.4 Å². The molecule has 2 aromatic rings. The van der Waals surface area contributed by atoms with Gasteiger partial charge in [-0.2, -0.15) is 0 Å². The van der Waals surface area contributed by atoms with Gasteiger partial charge < -0.3 is 20.1 Å². The molecule has 0 radical (unpaired) electrons. The molecule has 1 heterocycles. The highest BCUT2D eigenvalue weighted by atomic mass is 16.5. The highest BCUT2D eigenvalue weighted by molar-refractivity contribution is 5.80. The van der Waals surface area contributed by atoms with Gasteiger partial charge >= 0.3 is 0 Å². The van der Waals surface area contributed by atoms with E-state index in [1.54, 1.807) is 0 Å². The van der Waals surface area contributed by atoms with E-state index in [2.05, 4.69) is 20.2 Å². The van der Waals surface area contributed by atoms with Gasteiger partial charge in [-0.1, -0.05) is 0 Å². The van der Waals surface area contributed by atoms with Crippen LogP contribution in [-0.2, 0) is 0 Å². The van der Waals surface area contributed by atoms with E-state index in [0.29, 0.717) is 18.6 Å².